The second-order valence-corrected chi connectivity index (χ2v) is 10.1. The molecule has 0 bridgehead atoms. The molecule has 2 aromatic carbocycles. The van der Waals surface area contributed by atoms with Gasteiger partial charge in [-0.3, -0.25) is 9.98 Å². The van der Waals surface area contributed by atoms with Crippen LogP contribution in [0.1, 0.15) is 113 Å². The molecule has 2 aromatic rings. The van der Waals surface area contributed by atoms with Crippen LogP contribution in [0.15, 0.2) is 46.4 Å². The monoisotopic (exact) mass is 460 g/mol. The van der Waals surface area contributed by atoms with Gasteiger partial charge in [-0.2, -0.15) is 0 Å². The average Bonchev–Trinajstić information content (AvgIpc) is 2.76. The van der Waals surface area contributed by atoms with Crippen LogP contribution >= 0.6 is 0 Å². The smallest absolute Gasteiger partial charge is 0.0639 e. The van der Waals surface area contributed by atoms with E-state index in [9.17, 15) is 0 Å². The molecule has 2 heteroatoms. The third-order valence-electron chi connectivity index (χ3n) is 6.31. The summed E-state index contributed by atoms with van der Waals surface area (Å²) in [6.45, 7) is 13.2. The number of benzene rings is 2. The molecule has 0 fully saturated rings. The second-order valence-electron chi connectivity index (χ2n) is 10.1. The molecule has 0 radical (unpaired) electrons. The van der Waals surface area contributed by atoms with Crippen molar-refractivity contribution in [2.75, 3.05) is 0 Å². The minimum Gasteiger partial charge on any atom is -0.252 e. The Morgan fingerprint density at radius 2 is 0.794 bits per heavy atom. The van der Waals surface area contributed by atoms with Crippen molar-refractivity contribution < 1.29 is 0 Å². The third-order valence-corrected chi connectivity index (χ3v) is 6.31. The molecule has 0 aromatic heterocycles. The Balaban J connectivity index is 2.38. The lowest BCUT2D eigenvalue weighted by molar-refractivity contribution is 0.616. The van der Waals surface area contributed by atoms with Gasteiger partial charge in [0.05, 0.1) is 22.8 Å². The van der Waals surface area contributed by atoms with Gasteiger partial charge in [-0.25, -0.2) is 0 Å². The van der Waals surface area contributed by atoms with Gasteiger partial charge in [0.2, 0.25) is 0 Å². The number of unbranched alkanes of at least 4 members (excludes halogenated alkanes) is 8. The Bertz CT molecular complexity index is 896. The summed E-state index contributed by atoms with van der Waals surface area (Å²) in [5.41, 5.74) is 9.60. The van der Waals surface area contributed by atoms with E-state index < -0.39 is 0 Å². The zero-order chi connectivity index (χ0) is 24.8. The molecule has 0 heterocycles. The Morgan fingerprint density at radius 3 is 1.18 bits per heavy atom. The highest BCUT2D eigenvalue weighted by atomic mass is 14.8. The topological polar surface area (TPSA) is 24.7 Å². The van der Waals surface area contributed by atoms with Crippen LogP contribution in [0.25, 0.3) is 0 Å². The fourth-order valence-electron chi connectivity index (χ4n) is 4.66. The Hall–Kier alpha value is -2.22. The molecule has 0 atom stereocenters. The standard InChI is InChI=1S/C32H48N2/c1-7-9-11-13-14-16-18-32(34-30-23-27(5)20-28(6)24-30)31(17-15-12-10-8-2)33-29-21-25(3)19-26(4)22-29/h19-24H,7-18H2,1-6H3. The molecular formula is C32H48N2. The summed E-state index contributed by atoms with van der Waals surface area (Å²) in [5, 5.41) is 0. The maximum Gasteiger partial charge on any atom is 0.0639 e. The maximum absolute atomic E-state index is 5.24. The first-order valence-electron chi connectivity index (χ1n) is 13.7. The maximum atomic E-state index is 5.24. The molecule has 0 aliphatic heterocycles. The molecule has 0 aliphatic carbocycles. The van der Waals surface area contributed by atoms with E-state index in [1.807, 2.05) is 0 Å². The number of hydrogen-bond donors (Lipinski definition) is 0. The van der Waals surface area contributed by atoms with Crippen LogP contribution in [0.2, 0.25) is 0 Å². The molecule has 0 N–H and O–H groups in total. The zero-order valence-corrected chi connectivity index (χ0v) is 22.8. The van der Waals surface area contributed by atoms with Crippen molar-refractivity contribution in [3.8, 4) is 0 Å². The molecule has 186 valence electrons. The van der Waals surface area contributed by atoms with Crippen molar-refractivity contribution in [1.82, 2.24) is 0 Å². The fraction of sp³-hybridized carbons (Fsp3) is 0.562. The summed E-state index contributed by atoms with van der Waals surface area (Å²) in [7, 11) is 0. The van der Waals surface area contributed by atoms with E-state index in [4.69, 9.17) is 9.98 Å². The van der Waals surface area contributed by atoms with Crippen LogP contribution in [0.5, 0.6) is 0 Å². The van der Waals surface area contributed by atoms with Crippen LogP contribution in [0, 0.1) is 27.7 Å². The number of nitrogens with zero attached hydrogens (tertiary/aromatic N) is 2. The first kappa shape index (κ1) is 28.0. The van der Waals surface area contributed by atoms with Gasteiger partial charge in [0.1, 0.15) is 0 Å². The van der Waals surface area contributed by atoms with Gasteiger partial charge in [-0.05, 0) is 99.9 Å². The quantitative estimate of drug-likeness (QED) is 0.186. The van der Waals surface area contributed by atoms with Crippen molar-refractivity contribution in [3.05, 3.63) is 58.7 Å². The molecule has 0 unspecified atom stereocenters. The van der Waals surface area contributed by atoms with E-state index in [0.29, 0.717) is 0 Å². The van der Waals surface area contributed by atoms with Crippen molar-refractivity contribution in [3.63, 3.8) is 0 Å². The number of aryl methyl sites for hydroxylation is 4. The second kappa shape index (κ2) is 15.6. The SMILES string of the molecule is CCCCCCCCC(=Nc1cc(C)cc(C)c1)C(CCCCCC)=Nc1cc(C)cc(C)c1. The van der Waals surface area contributed by atoms with E-state index in [1.54, 1.807) is 0 Å². The van der Waals surface area contributed by atoms with E-state index in [2.05, 4.69) is 77.9 Å². The van der Waals surface area contributed by atoms with E-state index in [1.165, 1.54) is 97.9 Å². The van der Waals surface area contributed by atoms with Gasteiger partial charge in [0, 0.05) is 0 Å². The highest BCUT2D eigenvalue weighted by molar-refractivity contribution is 6.43. The van der Waals surface area contributed by atoms with Crippen LogP contribution in [0.3, 0.4) is 0 Å². The van der Waals surface area contributed by atoms with E-state index in [0.717, 1.165) is 24.2 Å². The number of hydrogen-bond acceptors (Lipinski definition) is 2. The van der Waals surface area contributed by atoms with Crippen molar-refractivity contribution in [2.45, 2.75) is 119 Å². The number of aliphatic imine (C=N–C) groups is 2. The number of rotatable bonds is 15. The summed E-state index contributed by atoms with van der Waals surface area (Å²) in [4.78, 5) is 10.5. The van der Waals surface area contributed by atoms with Gasteiger partial charge in [0.15, 0.2) is 0 Å². The lowest BCUT2D eigenvalue weighted by Gasteiger charge is -2.13. The van der Waals surface area contributed by atoms with Gasteiger partial charge < -0.3 is 0 Å². The summed E-state index contributed by atoms with van der Waals surface area (Å²) in [6, 6.07) is 13.3. The first-order chi connectivity index (χ1) is 16.4. The van der Waals surface area contributed by atoms with Crippen molar-refractivity contribution >= 4 is 22.8 Å². The summed E-state index contributed by atoms with van der Waals surface area (Å²) in [5.74, 6) is 0. The summed E-state index contributed by atoms with van der Waals surface area (Å²) >= 11 is 0. The highest BCUT2D eigenvalue weighted by Gasteiger charge is 2.12. The van der Waals surface area contributed by atoms with E-state index in [-0.39, 0.29) is 0 Å². The predicted molar refractivity (Wildman–Crippen MR) is 153 cm³/mol. The molecule has 2 nitrogen and oxygen atoms in total. The van der Waals surface area contributed by atoms with Crippen molar-refractivity contribution in [1.29, 1.82) is 0 Å². The Kier molecular flexibility index (Phi) is 12.9. The minimum absolute atomic E-state index is 1.01. The molecule has 0 aliphatic rings. The van der Waals surface area contributed by atoms with Crippen molar-refractivity contribution in [2.24, 2.45) is 9.98 Å². The molecule has 0 saturated heterocycles. The Morgan fingerprint density at radius 1 is 0.471 bits per heavy atom. The normalized spacial score (nSPS) is 12.4. The predicted octanol–water partition coefficient (Wildman–Crippen LogP) is 10.5. The average molecular weight is 461 g/mol. The summed E-state index contributed by atoms with van der Waals surface area (Å²) in [6.07, 6.45) is 14.8. The lowest BCUT2D eigenvalue weighted by atomic mass is 10.00. The van der Waals surface area contributed by atoms with Crippen LogP contribution in [0.4, 0.5) is 11.4 Å². The van der Waals surface area contributed by atoms with E-state index >= 15 is 0 Å². The highest BCUT2D eigenvalue weighted by Crippen LogP contribution is 2.23. The van der Waals surface area contributed by atoms with Gasteiger partial charge in [-0.15, -0.1) is 0 Å². The molecule has 34 heavy (non-hydrogen) atoms. The zero-order valence-electron chi connectivity index (χ0n) is 22.8. The van der Waals surface area contributed by atoms with Crippen LogP contribution in [-0.4, -0.2) is 11.4 Å². The van der Waals surface area contributed by atoms with Gasteiger partial charge in [0.25, 0.3) is 0 Å². The molecule has 0 spiro atoms. The third kappa shape index (κ3) is 10.8. The molecule has 0 amide bonds. The first-order valence-corrected chi connectivity index (χ1v) is 13.7. The molecular weight excluding hydrogens is 412 g/mol. The molecule has 2 rings (SSSR count). The summed E-state index contributed by atoms with van der Waals surface area (Å²) < 4.78 is 0. The molecule has 0 saturated carbocycles. The largest absolute Gasteiger partial charge is 0.252 e. The van der Waals surface area contributed by atoms with Crippen LogP contribution < -0.4 is 0 Å². The minimum atomic E-state index is 1.01. The lowest BCUT2D eigenvalue weighted by Crippen LogP contribution is -2.14. The van der Waals surface area contributed by atoms with Gasteiger partial charge in [-0.1, -0.05) is 77.3 Å². The van der Waals surface area contributed by atoms with Crippen LogP contribution in [-0.2, 0) is 0 Å². The van der Waals surface area contributed by atoms with Gasteiger partial charge >= 0.3 is 0 Å². The Labute approximate surface area is 210 Å². The fourth-order valence-corrected chi connectivity index (χ4v) is 4.66.